The summed E-state index contributed by atoms with van der Waals surface area (Å²) in [5.74, 6) is -1.28. The van der Waals surface area contributed by atoms with Crippen molar-refractivity contribution in [3.05, 3.63) is 58.9 Å². The minimum absolute atomic E-state index is 0.00846. The van der Waals surface area contributed by atoms with Gasteiger partial charge in [0.15, 0.2) is 23.2 Å². The van der Waals surface area contributed by atoms with Gasteiger partial charge in [-0.25, -0.2) is 14.8 Å². The SMILES string of the molecule is CC1(C)OC2C(O1)[C@@H](COC(=O)c1ccccc1)O[C@H]2n1cnc2c(=O)[nH]cnc21. The molecule has 2 aliphatic rings. The standard InChI is InChI=1S/C20H20N4O6/c1-20(2)29-14-12(8-27-19(26)11-6-4-3-5-7-11)28-18(15(14)30-20)24-10-23-13-16(24)21-9-22-17(13)25/h3-7,9-10,12,14-15,18H,8H2,1-2H3,(H,21,22,25)/t12-,14?,15?,18-/m1/s1. The number of carbonyl (C=O) groups excluding carboxylic acids is 1. The van der Waals surface area contributed by atoms with Crippen molar-refractivity contribution in [1.29, 1.82) is 0 Å². The van der Waals surface area contributed by atoms with E-state index in [1.54, 1.807) is 28.8 Å². The Kier molecular flexibility index (Phi) is 4.42. The molecule has 0 spiro atoms. The first kappa shape index (κ1) is 18.9. The van der Waals surface area contributed by atoms with Crippen molar-refractivity contribution in [1.82, 2.24) is 19.5 Å². The molecule has 2 aliphatic heterocycles. The predicted molar refractivity (Wildman–Crippen MR) is 103 cm³/mol. The van der Waals surface area contributed by atoms with E-state index < -0.39 is 36.3 Å². The molecule has 5 rings (SSSR count). The van der Waals surface area contributed by atoms with Crippen LogP contribution in [-0.4, -0.2) is 56.2 Å². The number of rotatable bonds is 4. The average Bonchev–Trinajstić information content (AvgIpc) is 3.38. The second kappa shape index (κ2) is 7.01. The van der Waals surface area contributed by atoms with Crippen LogP contribution in [0.25, 0.3) is 11.2 Å². The molecule has 10 nitrogen and oxygen atoms in total. The van der Waals surface area contributed by atoms with Crippen molar-refractivity contribution >= 4 is 17.1 Å². The van der Waals surface area contributed by atoms with E-state index in [0.29, 0.717) is 11.2 Å². The Morgan fingerprint density at radius 3 is 2.77 bits per heavy atom. The van der Waals surface area contributed by atoms with Crippen LogP contribution in [0.5, 0.6) is 0 Å². The molecule has 2 unspecified atom stereocenters. The normalized spacial score (nSPS) is 27.3. The number of carbonyl (C=O) groups is 1. The van der Waals surface area contributed by atoms with E-state index in [0.717, 1.165) is 0 Å². The van der Waals surface area contributed by atoms with Crippen LogP contribution in [0.15, 0.2) is 47.8 Å². The molecule has 4 heterocycles. The number of aromatic amines is 1. The Morgan fingerprint density at radius 2 is 1.97 bits per heavy atom. The molecule has 0 radical (unpaired) electrons. The summed E-state index contributed by atoms with van der Waals surface area (Å²) in [6.45, 7) is 3.61. The molecule has 2 fully saturated rings. The highest BCUT2D eigenvalue weighted by atomic mass is 16.8. The second-order valence-corrected chi connectivity index (χ2v) is 7.65. The molecule has 1 aromatic carbocycles. The Balaban J connectivity index is 1.40. The number of H-pyrrole nitrogens is 1. The van der Waals surface area contributed by atoms with E-state index >= 15 is 0 Å². The summed E-state index contributed by atoms with van der Waals surface area (Å²) in [6.07, 6.45) is 0.642. The highest BCUT2D eigenvalue weighted by molar-refractivity contribution is 5.89. The zero-order valence-corrected chi connectivity index (χ0v) is 16.3. The van der Waals surface area contributed by atoms with Crippen molar-refractivity contribution in [2.75, 3.05) is 6.61 Å². The Hall–Kier alpha value is -3.08. The number of imidazole rings is 1. The van der Waals surface area contributed by atoms with E-state index in [4.69, 9.17) is 18.9 Å². The summed E-state index contributed by atoms with van der Waals surface area (Å²) < 4.78 is 25.3. The Morgan fingerprint density at radius 1 is 1.20 bits per heavy atom. The van der Waals surface area contributed by atoms with Crippen LogP contribution in [0, 0.1) is 0 Å². The smallest absolute Gasteiger partial charge is 0.338 e. The number of ether oxygens (including phenoxy) is 4. The topological polar surface area (TPSA) is 118 Å². The lowest BCUT2D eigenvalue weighted by molar-refractivity contribution is -0.199. The third-order valence-electron chi connectivity index (χ3n) is 5.15. The lowest BCUT2D eigenvalue weighted by Crippen LogP contribution is -2.33. The summed E-state index contributed by atoms with van der Waals surface area (Å²) in [4.78, 5) is 35.2. The van der Waals surface area contributed by atoms with Crippen LogP contribution in [0.2, 0.25) is 0 Å². The molecular weight excluding hydrogens is 392 g/mol. The molecule has 0 saturated carbocycles. The lowest BCUT2D eigenvalue weighted by atomic mass is 10.1. The number of nitrogens with zero attached hydrogens (tertiary/aromatic N) is 3. The Bertz CT molecular complexity index is 1140. The van der Waals surface area contributed by atoms with E-state index in [1.165, 1.54) is 12.7 Å². The molecule has 2 aromatic heterocycles. The van der Waals surface area contributed by atoms with Gasteiger partial charge in [-0.15, -0.1) is 0 Å². The molecule has 0 bridgehead atoms. The maximum atomic E-state index is 12.3. The van der Waals surface area contributed by atoms with Crippen LogP contribution in [-0.2, 0) is 18.9 Å². The molecule has 30 heavy (non-hydrogen) atoms. The summed E-state index contributed by atoms with van der Waals surface area (Å²) >= 11 is 0. The average molecular weight is 412 g/mol. The van der Waals surface area contributed by atoms with Crippen molar-refractivity contribution in [3.8, 4) is 0 Å². The largest absolute Gasteiger partial charge is 0.459 e. The van der Waals surface area contributed by atoms with Crippen molar-refractivity contribution in [2.24, 2.45) is 0 Å². The minimum atomic E-state index is -0.833. The number of aromatic nitrogens is 4. The molecule has 10 heteroatoms. The summed E-state index contributed by atoms with van der Waals surface area (Å²) in [7, 11) is 0. The van der Waals surface area contributed by atoms with Gasteiger partial charge < -0.3 is 23.9 Å². The number of hydrogen-bond donors (Lipinski definition) is 1. The molecule has 3 aromatic rings. The molecule has 156 valence electrons. The number of nitrogens with one attached hydrogen (secondary N) is 1. The Labute approximate surface area is 170 Å². The minimum Gasteiger partial charge on any atom is -0.459 e. The fourth-order valence-electron chi connectivity index (χ4n) is 3.88. The van der Waals surface area contributed by atoms with Crippen LogP contribution in [0.4, 0.5) is 0 Å². The van der Waals surface area contributed by atoms with Gasteiger partial charge in [-0.1, -0.05) is 18.2 Å². The third-order valence-corrected chi connectivity index (χ3v) is 5.15. The van der Waals surface area contributed by atoms with Crippen LogP contribution >= 0.6 is 0 Å². The van der Waals surface area contributed by atoms with Gasteiger partial charge in [0, 0.05) is 0 Å². The quantitative estimate of drug-likeness (QED) is 0.639. The van der Waals surface area contributed by atoms with E-state index in [1.807, 2.05) is 19.9 Å². The predicted octanol–water partition coefficient (Wildman–Crippen LogP) is 1.39. The van der Waals surface area contributed by atoms with E-state index in [9.17, 15) is 9.59 Å². The highest BCUT2D eigenvalue weighted by Gasteiger charge is 2.56. The van der Waals surface area contributed by atoms with Crippen LogP contribution < -0.4 is 5.56 Å². The maximum absolute atomic E-state index is 12.3. The van der Waals surface area contributed by atoms with Gasteiger partial charge in [0.2, 0.25) is 0 Å². The van der Waals surface area contributed by atoms with Gasteiger partial charge in [-0.2, -0.15) is 0 Å². The second-order valence-electron chi connectivity index (χ2n) is 7.65. The van der Waals surface area contributed by atoms with Gasteiger partial charge in [-0.3, -0.25) is 9.36 Å². The number of fused-ring (bicyclic) bond motifs is 2. The third kappa shape index (κ3) is 3.18. The molecular formula is C20H20N4O6. The van der Waals surface area contributed by atoms with Crippen molar-refractivity contribution in [3.63, 3.8) is 0 Å². The van der Waals surface area contributed by atoms with Crippen molar-refractivity contribution < 1.29 is 23.7 Å². The van der Waals surface area contributed by atoms with Gasteiger partial charge in [-0.05, 0) is 26.0 Å². The first-order valence-electron chi connectivity index (χ1n) is 9.56. The monoisotopic (exact) mass is 412 g/mol. The first-order chi connectivity index (χ1) is 14.4. The summed E-state index contributed by atoms with van der Waals surface area (Å²) in [5, 5.41) is 0. The fourth-order valence-corrected chi connectivity index (χ4v) is 3.88. The van der Waals surface area contributed by atoms with E-state index in [-0.39, 0.29) is 17.7 Å². The first-order valence-corrected chi connectivity index (χ1v) is 9.56. The molecule has 1 N–H and O–H groups in total. The zero-order valence-electron chi connectivity index (χ0n) is 16.3. The molecule has 0 aliphatic carbocycles. The van der Waals surface area contributed by atoms with Crippen molar-refractivity contribution in [2.45, 2.75) is 44.2 Å². The highest BCUT2D eigenvalue weighted by Crippen LogP contribution is 2.43. The molecule has 2 saturated heterocycles. The zero-order chi connectivity index (χ0) is 20.9. The summed E-state index contributed by atoms with van der Waals surface area (Å²) in [6, 6.07) is 8.73. The number of hydrogen-bond acceptors (Lipinski definition) is 8. The lowest BCUT2D eigenvalue weighted by Gasteiger charge is -2.24. The van der Waals surface area contributed by atoms with Crippen LogP contribution in [0.1, 0.15) is 30.4 Å². The van der Waals surface area contributed by atoms with Crippen LogP contribution in [0.3, 0.4) is 0 Å². The van der Waals surface area contributed by atoms with Gasteiger partial charge >= 0.3 is 5.97 Å². The maximum Gasteiger partial charge on any atom is 0.338 e. The molecule has 4 atom stereocenters. The van der Waals surface area contributed by atoms with Gasteiger partial charge in [0.25, 0.3) is 5.56 Å². The van der Waals surface area contributed by atoms with Gasteiger partial charge in [0.05, 0.1) is 18.2 Å². The fraction of sp³-hybridized carbons (Fsp3) is 0.400. The number of esters is 1. The summed E-state index contributed by atoms with van der Waals surface area (Å²) in [5.41, 5.74) is 0.689. The van der Waals surface area contributed by atoms with Gasteiger partial charge in [0.1, 0.15) is 24.9 Å². The van der Waals surface area contributed by atoms with E-state index in [2.05, 4.69) is 15.0 Å². The molecule has 0 amide bonds. The number of benzene rings is 1.